The van der Waals surface area contributed by atoms with E-state index in [4.69, 9.17) is 10.5 Å². The Morgan fingerprint density at radius 2 is 1.13 bits per heavy atom. The third kappa shape index (κ3) is 3.35. The van der Waals surface area contributed by atoms with Gasteiger partial charge in [-0.25, -0.2) is 8.42 Å². The molecule has 0 radical (unpaired) electrons. The van der Waals surface area contributed by atoms with Gasteiger partial charge in [-0.2, -0.15) is 0 Å². The van der Waals surface area contributed by atoms with Crippen molar-refractivity contribution in [3.8, 4) is 11.5 Å². The lowest BCUT2D eigenvalue weighted by molar-refractivity contribution is 0.482. The van der Waals surface area contributed by atoms with Crippen molar-refractivity contribution in [2.45, 2.75) is 9.79 Å². The predicted octanol–water partition coefficient (Wildman–Crippen LogP) is 3.89. The first kappa shape index (κ1) is 15.1. The minimum atomic E-state index is -3.56. The fraction of sp³-hybridized carbons (Fsp3) is 0. The lowest BCUT2D eigenvalue weighted by Crippen LogP contribution is -2.02. The Balaban J connectivity index is 1.85. The predicted molar refractivity (Wildman–Crippen MR) is 89.3 cm³/mol. The van der Waals surface area contributed by atoms with Gasteiger partial charge in [-0.05, 0) is 60.7 Å². The summed E-state index contributed by atoms with van der Waals surface area (Å²) in [4.78, 5) is 0.422. The lowest BCUT2D eigenvalue weighted by atomic mass is 10.3. The maximum atomic E-state index is 12.5. The Morgan fingerprint density at radius 1 is 0.652 bits per heavy atom. The monoisotopic (exact) mass is 325 g/mol. The van der Waals surface area contributed by atoms with E-state index in [1.54, 1.807) is 24.3 Å². The molecule has 116 valence electrons. The van der Waals surface area contributed by atoms with Gasteiger partial charge in [0.05, 0.1) is 9.79 Å². The zero-order valence-electron chi connectivity index (χ0n) is 12.2. The third-order valence-electron chi connectivity index (χ3n) is 3.30. The average molecular weight is 325 g/mol. The zero-order chi connectivity index (χ0) is 16.3. The molecule has 3 aromatic rings. The SMILES string of the molecule is Nc1ccc(S(=O)(=O)c2ccc(Oc3ccccc3)cc2)cc1. The molecule has 0 bridgehead atoms. The molecule has 0 saturated carbocycles. The van der Waals surface area contributed by atoms with Gasteiger partial charge in [0.2, 0.25) is 9.84 Å². The second-order valence-electron chi connectivity index (χ2n) is 4.96. The summed E-state index contributed by atoms with van der Waals surface area (Å²) in [6.07, 6.45) is 0. The van der Waals surface area contributed by atoms with Gasteiger partial charge in [0.15, 0.2) is 0 Å². The van der Waals surface area contributed by atoms with Gasteiger partial charge in [-0.15, -0.1) is 0 Å². The number of hydrogen-bond donors (Lipinski definition) is 1. The van der Waals surface area contributed by atoms with Crippen LogP contribution in [0.3, 0.4) is 0 Å². The Hall–Kier alpha value is -2.79. The molecule has 0 aromatic heterocycles. The Labute approximate surface area is 135 Å². The lowest BCUT2D eigenvalue weighted by Gasteiger charge is -2.08. The van der Waals surface area contributed by atoms with Crippen LogP contribution in [0.5, 0.6) is 11.5 Å². The topological polar surface area (TPSA) is 69.4 Å². The van der Waals surface area contributed by atoms with Crippen molar-refractivity contribution in [2.75, 3.05) is 5.73 Å². The molecule has 0 atom stereocenters. The van der Waals surface area contributed by atoms with E-state index in [1.807, 2.05) is 30.3 Å². The van der Waals surface area contributed by atoms with Crippen molar-refractivity contribution in [1.82, 2.24) is 0 Å². The van der Waals surface area contributed by atoms with Gasteiger partial charge >= 0.3 is 0 Å². The molecule has 23 heavy (non-hydrogen) atoms. The van der Waals surface area contributed by atoms with Crippen LogP contribution >= 0.6 is 0 Å². The van der Waals surface area contributed by atoms with Gasteiger partial charge in [-0.1, -0.05) is 18.2 Å². The van der Waals surface area contributed by atoms with Gasteiger partial charge in [0.1, 0.15) is 11.5 Å². The molecule has 0 aliphatic carbocycles. The molecule has 2 N–H and O–H groups in total. The normalized spacial score (nSPS) is 11.1. The molecule has 0 heterocycles. The first-order chi connectivity index (χ1) is 11.1. The van der Waals surface area contributed by atoms with Crippen LogP contribution in [0.25, 0.3) is 0 Å². The minimum Gasteiger partial charge on any atom is -0.457 e. The molecule has 0 unspecified atom stereocenters. The van der Waals surface area contributed by atoms with E-state index < -0.39 is 9.84 Å². The fourth-order valence-corrected chi connectivity index (χ4v) is 3.36. The molecule has 0 aliphatic rings. The van der Waals surface area contributed by atoms with Crippen LogP contribution in [0.15, 0.2) is 88.7 Å². The number of benzene rings is 3. The minimum absolute atomic E-state index is 0.211. The summed E-state index contributed by atoms with van der Waals surface area (Å²) in [6, 6.07) is 21.8. The Kier molecular flexibility index (Phi) is 4.04. The molecular weight excluding hydrogens is 310 g/mol. The Bertz CT molecular complexity index is 887. The molecule has 3 rings (SSSR count). The highest BCUT2D eigenvalue weighted by atomic mass is 32.2. The van der Waals surface area contributed by atoms with Gasteiger partial charge < -0.3 is 10.5 Å². The molecular formula is C18H15NO3S. The number of nitrogen functional groups attached to an aromatic ring is 1. The number of sulfone groups is 1. The van der Waals surface area contributed by atoms with E-state index in [2.05, 4.69) is 0 Å². The Morgan fingerprint density at radius 3 is 1.70 bits per heavy atom. The highest BCUT2D eigenvalue weighted by Gasteiger charge is 2.17. The molecule has 0 saturated heterocycles. The third-order valence-corrected chi connectivity index (χ3v) is 5.09. The largest absolute Gasteiger partial charge is 0.457 e. The summed E-state index contributed by atoms with van der Waals surface area (Å²) in [5.41, 5.74) is 6.11. The first-order valence-electron chi connectivity index (χ1n) is 6.99. The molecule has 0 spiro atoms. The van der Waals surface area contributed by atoms with Crippen molar-refractivity contribution >= 4 is 15.5 Å². The van der Waals surface area contributed by atoms with Crippen LogP contribution in [0, 0.1) is 0 Å². The van der Waals surface area contributed by atoms with E-state index in [0.717, 1.165) is 0 Å². The van der Waals surface area contributed by atoms with E-state index in [9.17, 15) is 8.42 Å². The molecule has 0 amide bonds. The van der Waals surface area contributed by atoms with Gasteiger partial charge in [-0.3, -0.25) is 0 Å². The summed E-state index contributed by atoms with van der Waals surface area (Å²) >= 11 is 0. The number of nitrogens with two attached hydrogens (primary N) is 1. The van der Waals surface area contributed by atoms with Crippen molar-refractivity contribution in [3.63, 3.8) is 0 Å². The number of anilines is 1. The van der Waals surface area contributed by atoms with E-state index in [-0.39, 0.29) is 9.79 Å². The number of hydrogen-bond acceptors (Lipinski definition) is 4. The summed E-state index contributed by atoms with van der Waals surface area (Å²) in [6.45, 7) is 0. The van der Waals surface area contributed by atoms with Crippen LogP contribution < -0.4 is 10.5 Å². The van der Waals surface area contributed by atoms with E-state index >= 15 is 0 Å². The fourth-order valence-electron chi connectivity index (χ4n) is 2.09. The number of ether oxygens (including phenoxy) is 1. The maximum absolute atomic E-state index is 12.5. The van der Waals surface area contributed by atoms with Crippen LogP contribution in [-0.4, -0.2) is 8.42 Å². The molecule has 0 fully saturated rings. The maximum Gasteiger partial charge on any atom is 0.206 e. The van der Waals surface area contributed by atoms with Gasteiger partial charge in [0, 0.05) is 5.69 Å². The van der Waals surface area contributed by atoms with Crippen LogP contribution in [0.1, 0.15) is 0 Å². The standard InChI is InChI=1S/C18H15NO3S/c19-14-6-10-17(11-7-14)23(20,21)18-12-8-16(9-13-18)22-15-4-2-1-3-5-15/h1-13H,19H2. The van der Waals surface area contributed by atoms with E-state index in [0.29, 0.717) is 17.2 Å². The highest BCUT2D eigenvalue weighted by Crippen LogP contribution is 2.26. The average Bonchev–Trinajstić information content (AvgIpc) is 2.57. The van der Waals surface area contributed by atoms with Crippen molar-refractivity contribution < 1.29 is 13.2 Å². The van der Waals surface area contributed by atoms with Crippen LogP contribution in [0.4, 0.5) is 5.69 Å². The summed E-state index contributed by atoms with van der Waals surface area (Å²) in [5, 5.41) is 0. The van der Waals surface area contributed by atoms with Crippen molar-refractivity contribution in [1.29, 1.82) is 0 Å². The molecule has 4 nitrogen and oxygen atoms in total. The van der Waals surface area contributed by atoms with Crippen LogP contribution in [0.2, 0.25) is 0 Å². The highest BCUT2D eigenvalue weighted by molar-refractivity contribution is 7.91. The molecule has 5 heteroatoms. The summed E-state index contributed by atoms with van der Waals surface area (Å²) in [7, 11) is -3.56. The smallest absolute Gasteiger partial charge is 0.206 e. The number of para-hydroxylation sites is 1. The van der Waals surface area contributed by atoms with E-state index in [1.165, 1.54) is 24.3 Å². The van der Waals surface area contributed by atoms with Crippen LogP contribution in [-0.2, 0) is 9.84 Å². The molecule has 3 aromatic carbocycles. The second kappa shape index (κ2) is 6.14. The summed E-state index contributed by atoms with van der Waals surface area (Å²) < 4.78 is 30.7. The quantitative estimate of drug-likeness (QED) is 0.739. The van der Waals surface area contributed by atoms with Crippen molar-refractivity contribution in [3.05, 3.63) is 78.9 Å². The zero-order valence-corrected chi connectivity index (χ0v) is 13.0. The summed E-state index contributed by atoms with van der Waals surface area (Å²) in [5.74, 6) is 1.27. The first-order valence-corrected chi connectivity index (χ1v) is 8.48. The van der Waals surface area contributed by atoms with Gasteiger partial charge in [0.25, 0.3) is 0 Å². The second-order valence-corrected chi connectivity index (χ2v) is 6.91. The van der Waals surface area contributed by atoms with Crippen molar-refractivity contribution in [2.24, 2.45) is 0 Å². The molecule has 0 aliphatic heterocycles. The number of rotatable bonds is 4.